The third kappa shape index (κ3) is 2.01. The normalized spacial score (nSPS) is 9.50. The van der Waals surface area contributed by atoms with Crippen molar-refractivity contribution in [3.8, 4) is 6.07 Å². The predicted molar refractivity (Wildman–Crippen MR) is 47.5 cm³/mol. The van der Waals surface area contributed by atoms with E-state index in [4.69, 9.17) is 22.0 Å². The second-order valence-electron chi connectivity index (χ2n) is 2.58. The summed E-state index contributed by atoms with van der Waals surface area (Å²) in [5.41, 5.74) is -0.358. The maximum atomic E-state index is 13.3. The van der Waals surface area contributed by atoms with Crippen LogP contribution < -0.4 is 0 Å². The number of benzene rings is 1. The molecule has 1 N–H and O–H groups in total. The van der Waals surface area contributed by atoms with Crippen molar-refractivity contribution in [2.75, 3.05) is 0 Å². The van der Waals surface area contributed by atoms with Gasteiger partial charge >= 0.3 is 5.97 Å². The van der Waals surface area contributed by atoms with E-state index in [9.17, 15) is 9.18 Å². The Labute approximate surface area is 84.3 Å². The van der Waals surface area contributed by atoms with Crippen molar-refractivity contribution in [1.29, 1.82) is 5.26 Å². The smallest absolute Gasteiger partial charge is 0.307 e. The van der Waals surface area contributed by atoms with Crippen LogP contribution in [0.25, 0.3) is 0 Å². The lowest BCUT2D eigenvalue weighted by Crippen LogP contribution is -2.03. The summed E-state index contributed by atoms with van der Waals surface area (Å²) in [6, 6.07) is 4.14. The molecule has 0 fully saturated rings. The Balaban J connectivity index is 3.23. The number of carboxylic acids is 1. The standard InChI is InChI=1S/C9H5ClFNO2/c10-7-2-1-5(3-8(13)14)9(11)6(7)4-12/h1-2H,3H2,(H,13,14). The SMILES string of the molecule is N#Cc1c(Cl)ccc(CC(=O)O)c1F. The molecule has 3 nitrogen and oxygen atoms in total. The van der Waals surface area contributed by atoms with Gasteiger partial charge in [-0.3, -0.25) is 4.79 Å². The highest BCUT2D eigenvalue weighted by molar-refractivity contribution is 6.31. The minimum Gasteiger partial charge on any atom is -0.481 e. The van der Waals surface area contributed by atoms with Crippen LogP contribution in [0.2, 0.25) is 5.02 Å². The summed E-state index contributed by atoms with van der Waals surface area (Å²) in [5.74, 6) is -2.02. The monoisotopic (exact) mass is 213 g/mol. The molecule has 0 aliphatic carbocycles. The highest BCUT2D eigenvalue weighted by Crippen LogP contribution is 2.21. The molecule has 1 aromatic rings. The molecular weight excluding hydrogens is 209 g/mol. The number of nitrogens with zero attached hydrogens (tertiary/aromatic N) is 1. The Morgan fingerprint density at radius 2 is 2.29 bits per heavy atom. The van der Waals surface area contributed by atoms with Crippen LogP contribution in [0.5, 0.6) is 0 Å². The molecular formula is C9H5ClFNO2. The first-order chi connectivity index (χ1) is 6.56. The zero-order valence-corrected chi connectivity index (χ0v) is 7.68. The van der Waals surface area contributed by atoms with E-state index in [1.165, 1.54) is 12.1 Å². The molecule has 0 spiro atoms. The summed E-state index contributed by atoms with van der Waals surface area (Å²) in [4.78, 5) is 10.3. The van der Waals surface area contributed by atoms with Crippen molar-refractivity contribution in [2.24, 2.45) is 0 Å². The molecule has 0 atom stereocenters. The van der Waals surface area contributed by atoms with Crippen molar-refractivity contribution >= 4 is 17.6 Å². The van der Waals surface area contributed by atoms with E-state index in [1.54, 1.807) is 6.07 Å². The van der Waals surface area contributed by atoms with Crippen LogP contribution in [0.4, 0.5) is 4.39 Å². The molecule has 0 bridgehead atoms. The number of nitriles is 1. The largest absolute Gasteiger partial charge is 0.481 e. The molecule has 14 heavy (non-hydrogen) atoms. The van der Waals surface area contributed by atoms with Gasteiger partial charge in [-0.2, -0.15) is 5.26 Å². The van der Waals surface area contributed by atoms with Gasteiger partial charge in [0.2, 0.25) is 0 Å². The molecule has 0 saturated carbocycles. The van der Waals surface area contributed by atoms with Gasteiger partial charge in [0.1, 0.15) is 17.4 Å². The third-order valence-electron chi connectivity index (χ3n) is 1.62. The van der Waals surface area contributed by atoms with E-state index in [2.05, 4.69) is 0 Å². The Bertz CT molecular complexity index is 426. The molecule has 0 saturated heterocycles. The fourth-order valence-electron chi connectivity index (χ4n) is 0.998. The van der Waals surface area contributed by atoms with Gasteiger partial charge in [-0.05, 0) is 6.07 Å². The maximum absolute atomic E-state index is 13.3. The topological polar surface area (TPSA) is 61.1 Å². The van der Waals surface area contributed by atoms with Crippen LogP contribution in [-0.4, -0.2) is 11.1 Å². The first kappa shape index (κ1) is 10.5. The molecule has 5 heteroatoms. The molecule has 1 rings (SSSR count). The van der Waals surface area contributed by atoms with Gasteiger partial charge in [0.05, 0.1) is 11.4 Å². The van der Waals surface area contributed by atoms with Gasteiger partial charge in [0.15, 0.2) is 0 Å². The molecule has 0 unspecified atom stereocenters. The van der Waals surface area contributed by atoms with E-state index in [0.717, 1.165) is 0 Å². The average Bonchev–Trinajstić information content (AvgIpc) is 2.10. The van der Waals surface area contributed by atoms with E-state index in [1.807, 2.05) is 0 Å². The quantitative estimate of drug-likeness (QED) is 0.817. The number of hydrogen-bond donors (Lipinski definition) is 1. The van der Waals surface area contributed by atoms with Crippen LogP contribution in [0.1, 0.15) is 11.1 Å². The van der Waals surface area contributed by atoms with E-state index >= 15 is 0 Å². The second-order valence-corrected chi connectivity index (χ2v) is 2.99. The van der Waals surface area contributed by atoms with Gasteiger partial charge in [-0.1, -0.05) is 17.7 Å². The van der Waals surface area contributed by atoms with Crippen molar-refractivity contribution in [3.05, 3.63) is 34.1 Å². The van der Waals surface area contributed by atoms with Gasteiger partial charge in [0, 0.05) is 5.56 Å². The molecule has 0 aliphatic rings. The summed E-state index contributed by atoms with van der Waals surface area (Å²) in [7, 11) is 0. The Morgan fingerprint density at radius 1 is 1.64 bits per heavy atom. The predicted octanol–water partition coefficient (Wildman–Crippen LogP) is 1.98. The summed E-state index contributed by atoms with van der Waals surface area (Å²) in [6.45, 7) is 0. The first-order valence-electron chi connectivity index (χ1n) is 3.65. The summed E-state index contributed by atoms with van der Waals surface area (Å²) < 4.78 is 13.3. The van der Waals surface area contributed by atoms with E-state index < -0.39 is 18.2 Å². The molecule has 0 heterocycles. The molecule has 0 aromatic heterocycles. The zero-order chi connectivity index (χ0) is 10.7. The van der Waals surface area contributed by atoms with Crippen LogP contribution in [0.3, 0.4) is 0 Å². The number of halogens is 2. The van der Waals surface area contributed by atoms with Gasteiger partial charge in [0.25, 0.3) is 0 Å². The van der Waals surface area contributed by atoms with Gasteiger partial charge < -0.3 is 5.11 Å². The van der Waals surface area contributed by atoms with Crippen LogP contribution >= 0.6 is 11.6 Å². The fraction of sp³-hybridized carbons (Fsp3) is 0.111. The minimum absolute atomic E-state index is 0.0147. The Kier molecular flexibility index (Phi) is 3.05. The lowest BCUT2D eigenvalue weighted by molar-refractivity contribution is -0.136. The fourth-order valence-corrected chi connectivity index (χ4v) is 1.19. The highest BCUT2D eigenvalue weighted by Gasteiger charge is 2.13. The minimum atomic E-state index is -1.16. The molecule has 1 aromatic carbocycles. The number of aliphatic carboxylic acids is 1. The van der Waals surface area contributed by atoms with Crippen LogP contribution in [0.15, 0.2) is 12.1 Å². The number of carboxylic acid groups (broad SMARTS) is 1. The second kappa shape index (κ2) is 4.07. The maximum Gasteiger partial charge on any atom is 0.307 e. The van der Waals surface area contributed by atoms with Crippen LogP contribution in [-0.2, 0) is 11.2 Å². The van der Waals surface area contributed by atoms with E-state index in [0.29, 0.717) is 0 Å². The molecule has 0 amide bonds. The van der Waals surface area contributed by atoms with Gasteiger partial charge in [-0.15, -0.1) is 0 Å². The first-order valence-corrected chi connectivity index (χ1v) is 4.03. The van der Waals surface area contributed by atoms with Gasteiger partial charge in [-0.25, -0.2) is 4.39 Å². The van der Waals surface area contributed by atoms with Crippen molar-refractivity contribution < 1.29 is 14.3 Å². The Hall–Kier alpha value is -1.60. The average molecular weight is 214 g/mol. The highest BCUT2D eigenvalue weighted by atomic mass is 35.5. The summed E-state index contributed by atoms with van der Waals surface area (Å²) >= 11 is 5.53. The summed E-state index contributed by atoms with van der Waals surface area (Å²) in [6.07, 6.45) is -0.461. The van der Waals surface area contributed by atoms with Crippen molar-refractivity contribution in [1.82, 2.24) is 0 Å². The molecule has 72 valence electrons. The lowest BCUT2D eigenvalue weighted by atomic mass is 10.1. The lowest BCUT2D eigenvalue weighted by Gasteiger charge is -2.02. The molecule has 0 radical (unpaired) electrons. The number of rotatable bonds is 2. The van der Waals surface area contributed by atoms with E-state index in [-0.39, 0.29) is 16.1 Å². The zero-order valence-electron chi connectivity index (χ0n) is 6.92. The van der Waals surface area contributed by atoms with Crippen molar-refractivity contribution in [3.63, 3.8) is 0 Å². The van der Waals surface area contributed by atoms with Crippen LogP contribution in [0, 0.1) is 17.1 Å². The molecule has 0 aliphatic heterocycles. The number of hydrogen-bond acceptors (Lipinski definition) is 2. The Morgan fingerprint density at radius 3 is 2.79 bits per heavy atom. The third-order valence-corrected chi connectivity index (χ3v) is 1.94. The summed E-state index contributed by atoms with van der Waals surface area (Å²) in [5, 5.41) is 17.0. The van der Waals surface area contributed by atoms with Crippen molar-refractivity contribution in [2.45, 2.75) is 6.42 Å². The number of carbonyl (C=O) groups is 1.